The van der Waals surface area contributed by atoms with Gasteiger partial charge < -0.3 is 14.2 Å². The molecule has 3 aromatic rings. The summed E-state index contributed by atoms with van der Waals surface area (Å²) in [5, 5.41) is 1.99. The highest BCUT2D eigenvalue weighted by Gasteiger charge is 2.22. The number of hydrogen-bond acceptors (Lipinski definition) is 8. The molecule has 0 spiro atoms. The zero-order valence-electron chi connectivity index (χ0n) is 19.6. The minimum atomic E-state index is -3.98. The Morgan fingerprint density at radius 3 is 2.51 bits per heavy atom. The zero-order chi connectivity index (χ0) is 25.0. The van der Waals surface area contributed by atoms with E-state index in [-0.39, 0.29) is 28.1 Å². The number of benzene rings is 2. The van der Waals surface area contributed by atoms with E-state index in [4.69, 9.17) is 14.2 Å². The van der Waals surface area contributed by atoms with Gasteiger partial charge in [0.1, 0.15) is 10.8 Å². The Labute approximate surface area is 208 Å². The number of sulfonamides is 1. The minimum Gasteiger partial charge on any atom is -0.495 e. The lowest BCUT2D eigenvalue weighted by Gasteiger charge is -2.20. The first-order chi connectivity index (χ1) is 16.8. The van der Waals surface area contributed by atoms with Crippen molar-refractivity contribution in [1.29, 1.82) is 0 Å². The number of esters is 1. The highest BCUT2D eigenvalue weighted by molar-refractivity contribution is 7.92. The Hall–Kier alpha value is -3.21. The van der Waals surface area contributed by atoms with Crippen LogP contribution >= 0.6 is 11.3 Å². The van der Waals surface area contributed by atoms with Crippen LogP contribution in [0.25, 0.3) is 16.1 Å². The van der Waals surface area contributed by atoms with Crippen molar-refractivity contribution in [2.75, 3.05) is 26.1 Å². The smallest absolute Gasteiger partial charge is 0.337 e. The molecular formula is C25H26N2O6S2. The molecule has 1 heterocycles. The first-order valence-electron chi connectivity index (χ1n) is 10.9. The first-order valence-corrected chi connectivity index (χ1v) is 13.3. The second-order valence-corrected chi connectivity index (χ2v) is 10.4. The van der Waals surface area contributed by atoms with E-state index >= 15 is 0 Å². The van der Waals surface area contributed by atoms with Crippen LogP contribution in [-0.4, -0.2) is 46.8 Å². The maximum Gasteiger partial charge on any atom is 0.337 e. The van der Waals surface area contributed by atoms with Crippen LogP contribution < -0.4 is 9.46 Å². The van der Waals surface area contributed by atoms with Gasteiger partial charge in [-0.05, 0) is 48.6 Å². The largest absolute Gasteiger partial charge is 0.495 e. The average Bonchev–Trinajstić information content (AvgIpc) is 3.40. The fourth-order valence-corrected chi connectivity index (χ4v) is 6.04. The van der Waals surface area contributed by atoms with E-state index in [2.05, 4.69) is 15.8 Å². The summed E-state index contributed by atoms with van der Waals surface area (Å²) < 4.78 is 43.8. The van der Waals surface area contributed by atoms with Gasteiger partial charge in [-0.2, -0.15) is 8.42 Å². The average molecular weight is 515 g/mol. The second kappa shape index (κ2) is 10.6. The SMILES string of the molecule is COC(=O)c1ccc(NS(=O)(=O)c2csc(-c3ccc(C4=CC(OC)CCC4)cc3)n2)c(OC)c1. The summed E-state index contributed by atoms with van der Waals surface area (Å²) >= 11 is 1.25. The zero-order valence-corrected chi connectivity index (χ0v) is 21.2. The number of anilines is 1. The molecule has 0 fully saturated rings. The predicted octanol–water partition coefficient (Wildman–Crippen LogP) is 4.99. The van der Waals surface area contributed by atoms with Gasteiger partial charge in [0, 0.05) is 18.1 Å². The van der Waals surface area contributed by atoms with Crippen molar-refractivity contribution >= 4 is 38.6 Å². The standard InChI is InChI=1S/C25H26N2O6S2/c1-31-20-6-4-5-18(13-20)16-7-9-17(10-8-16)24-26-23(15-34-24)35(29,30)27-21-12-11-19(25(28)33-3)14-22(21)32-2/h7-15,20,27H,4-6H2,1-3H3. The van der Waals surface area contributed by atoms with Crippen molar-refractivity contribution < 1.29 is 27.4 Å². The van der Waals surface area contributed by atoms with E-state index in [9.17, 15) is 13.2 Å². The van der Waals surface area contributed by atoms with Crippen molar-refractivity contribution in [1.82, 2.24) is 4.98 Å². The van der Waals surface area contributed by atoms with E-state index in [1.54, 1.807) is 7.11 Å². The lowest BCUT2D eigenvalue weighted by atomic mass is 9.92. The summed E-state index contributed by atoms with van der Waals surface area (Å²) in [6, 6.07) is 12.3. The molecule has 1 aliphatic rings. The van der Waals surface area contributed by atoms with Gasteiger partial charge in [0.2, 0.25) is 0 Å². The van der Waals surface area contributed by atoms with Crippen LogP contribution in [0.15, 0.2) is 58.9 Å². The number of nitrogens with one attached hydrogen (secondary N) is 1. The molecule has 1 unspecified atom stereocenters. The third kappa shape index (κ3) is 5.55. The third-order valence-electron chi connectivity index (χ3n) is 5.75. The van der Waals surface area contributed by atoms with Gasteiger partial charge in [-0.15, -0.1) is 11.3 Å². The van der Waals surface area contributed by atoms with E-state index in [0.29, 0.717) is 5.01 Å². The monoisotopic (exact) mass is 514 g/mol. The number of ether oxygens (including phenoxy) is 3. The van der Waals surface area contributed by atoms with Crippen molar-refractivity contribution in [2.45, 2.75) is 30.4 Å². The number of allylic oxidation sites excluding steroid dienone is 1. The Morgan fingerprint density at radius 1 is 1.09 bits per heavy atom. The molecule has 0 saturated carbocycles. The van der Waals surface area contributed by atoms with Crippen LogP contribution in [0, 0.1) is 0 Å². The summed E-state index contributed by atoms with van der Waals surface area (Å²) in [5.74, 6) is -0.360. The maximum atomic E-state index is 13.0. The molecule has 10 heteroatoms. The van der Waals surface area contributed by atoms with Crippen LogP contribution in [0.5, 0.6) is 5.75 Å². The molecule has 0 saturated heterocycles. The van der Waals surface area contributed by atoms with Gasteiger partial charge in [0.05, 0.1) is 31.6 Å². The van der Waals surface area contributed by atoms with E-state index < -0.39 is 16.0 Å². The highest BCUT2D eigenvalue weighted by atomic mass is 32.2. The molecule has 184 valence electrons. The number of carbonyl (C=O) groups excluding carboxylic acids is 1. The topological polar surface area (TPSA) is 104 Å². The Balaban J connectivity index is 1.53. The molecule has 1 aromatic heterocycles. The second-order valence-electron chi connectivity index (χ2n) is 7.94. The Kier molecular flexibility index (Phi) is 7.54. The predicted molar refractivity (Wildman–Crippen MR) is 135 cm³/mol. The summed E-state index contributed by atoms with van der Waals surface area (Å²) in [6.07, 6.45) is 5.44. The quantitative estimate of drug-likeness (QED) is 0.423. The van der Waals surface area contributed by atoms with Crippen LogP contribution in [0.2, 0.25) is 0 Å². The molecule has 4 rings (SSSR count). The normalized spacial score (nSPS) is 15.9. The number of aromatic nitrogens is 1. The summed E-state index contributed by atoms with van der Waals surface area (Å²) in [6.45, 7) is 0. The van der Waals surface area contributed by atoms with Crippen LogP contribution in [0.4, 0.5) is 5.69 Å². The molecule has 1 atom stereocenters. The van der Waals surface area contributed by atoms with Gasteiger partial charge >= 0.3 is 5.97 Å². The number of methoxy groups -OCH3 is 3. The van der Waals surface area contributed by atoms with Crippen molar-refractivity contribution in [3.05, 3.63) is 65.0 Å². The van der Waals surface area contributed by atoms with Crippen LogP contribution in [0.1, 0.15) is 35.2 Å². The molecule has 0 aliphatic heterocycles. The van der Waals surface area contributed by atoms with Gasteiger partial charge in [-0.25, -0.2) is 9.78 Å². The summed E-state index contributed by atoms with van der Waals surface area (Å²) in [4.78, 5) is 16.1. The molecule has 0 amide bonds. The van der Waals surface area contributed by atoms with Crippen molar-refractivity contribution in [3.63, 3.8) is 0 Å². The number of carbonyl (C=O) groups is 1. The molecule has 8 nitrogen and oxygen atoms in total. The Bertz CT molecular complexity index is 1350. The molecule has 1 aliphatic carbocycles. The molecule has 1 N–H and O–H groups in total. The maximum absolute atomic E-state index is 13.0. The fraction of sp³-hybridized carbons (Fsp3) is 0.280. The third-order valence-corrected chi connectivity index (χ3v) is 8.04. The number of hydrogen-bond donors (Lipinski definition) is 1. The summed E-state index contributed by atoms with van der Waals surface area (Å²) in [5.41, 5.74) is 3.65. The molecular weight excluding hydrogens is 488 g/mol. The van der Waals surface area contributed by atoms with E-state index in [0.717, 1.165) is 30.4 Å². The molecule has 0 bridgehead atoms. The van der Waals surface area contributed by atoms with Gasteiger partial charge in [0.25, 0.3) is 10.0 Å². The lowest BCUT2D eigenvalue weighted by molar-refractivity contribution is 0.0600. The molecule has 2 aromatic carbocycles. The van der Waals surface area contributed by atoms with Crippen LogP contribution in [0.3, 0.4) is 0 Å². The van der Waals surface area contributed by atoms with E-state index in [1.165, 1.54) is 54.7 Å². The Morgan fingerprint density at radius 2 is 1.83 bits per heavy atom. The van der Waals surface area contributed by atoms with Crippen molar-refractivity contribution in [2.24, 2.45) is 0 Å². The number of thiazole rings is 1. The van der Waals surface area contributed by atoms with Gasteiger partial charge in [-0.1, -0.05) is 30.3 Å². The lowest BCUT2D eigenvalue weighted by Crippen LogP contribution is -2.14. The summed E-state index contributed by atoms with van der Waals surface area (Å²) in [7, 11) is 0.403. The van der Waals surface area contributed by atoms with Gasteiger partial charge in [0.15, 0.2) is 5.03 Å². The molecule has 0 radical (unpaired) electrons. The molecule has 35 heavy (non-hydrogen) atoms. The van der Waals surface area contributed by atoms with Gasteiger partial charge in [-0.3, -0.25) is 4.72 Å². The van der Waals surface area contributed by atoms with Crippen molar-refractivity contribution in [3.8, 4) is 16.3 Å². The number of rotatable bonds is 8. The number of nitrogens with zero attached hydrogens (tertiary/aromatic N) is 1. The van der Waals surface area contributed by atoms with E-state index in [1.807, 2.05) is 24.3 Å². The minimum absolute atomic E-state index is 0.0985. The fourth-order valence-electron chi connectivity index (χ4n) is 3.87. The van der Waals surface area contributed by atoms with Crippen LogP contribution in [-0.2, 0) is 19.5 Å². The highest BCUT2D eigenvalue weighted by Crippen LogP contribution is 2.32. The first kappa shape index (κ1) is 24.9.